The highest BCUT2D eigenvalue weighted by Crippen LogP contribution is 2.22. The molecule has 2 atom stereocenters. The van der Waals surface area contributed by atoms with E-state index in [1.807, 2.05) is 31.2 Å². The van der Waals surface area contributed by atoms with E-state index in [4.69, 9.17) is 4.74 Å². The number of para-hydroxylation sites is 1. The maximum atomic E-state index is 11.1. The van der Waals surface area contributed by atoms with Crippen molar-refractivity contribution < 1.29 is 14.6 Å². The second-order valence-corrected chi connectivity index (χ2v) is 6.10. The zero-order valence-corrected chi connectivity index (χ0v) is 12.9. The number of carboxylic acids is 1. The van der Waals surface area contributed by atoms with E-state index in [1.54, 1.807) is 0 Å². The quantitative estimate of drug-likeness (QED) is 0.819. The molecule has 0 bridgehead atoms. The molecule has 4 nitrogen and oxygen atoms in total. The van der Waals surface area contributed by atoms with Crippen LogP contribution in [0.3, 0.4) is 0 Å². The van der Waals surface area contributed by atoms with E-state index in [1.165, 1.54) is 0 Å². The second-order valence-electron chi connectivity index (χ2n) is 6.10. The van der Waals surface area contributed by atoms with Gasteiger partial charge in [0.25, 0.3) is 0 Å². The van der Waals surface area contributed by atoms with E-state index >= 15 is 0 Å². The number of aliphatic carboxylic acids is 1. The summed E-state index contributed by atoms with van der Waals surface area (Å²) in [4.78, 5) is 13.4. The molecule has 1 aliphatic rings. The topological polar surface area (TPSA) is 49.8 Å². The van der Waals surface area contributed by atoms with Gasteiger partial charge in [-0.3, -0.25) is 4.79 Å². The number of rotatable bonds is 6. The van der Waals surface area contributed by atoms with Crippen molar-refractivity contribution >= 4 is 5.97 Å². The minimum absolute atomic E-state index is 0.217. The maximum absolute atomic E-state index is 11.1. The number of benzene rings is 1. The molecule has 1 aromatic rings. The fraction of sp³-hybridized carbons (Fsp3) is 0.588. The fourth-order valence-corrected chi connectivity index (χ4v) is 3.01. The van der Waals surface area contributed by atoms with Gasteiger partial charge in [-0.2, -0.15) is 0 Å². The van der Waals surface area contributed by atoms with Crippen LogP contribution in [-0.4, -0.2) is 42.2 Å². The number of likely N-dealkylation sites (tertiary alicyclic amines) is 1. The average Bonchev–Trinajstić information content (AvgIpc) is 2.44. The third kappa shape index (κ3) is 4.74. The first kappa shape index (κ1) is 15.8. The lowest BCUT2D eigenvalue weighted by Crippen LogP contribution is -2.43. The molecule has 1 N–H and O–H groups in total. The third-order valence-corrected chi connectivity index (χ3v) is 4.05. The van der Waals surface area contributed by atoms with Crippen LogP contribution in [0, 0.1) is 18.8 Å². The number of aryl methyl sites for hydroxylation is 1. The Balaban J connectivity index is 1.73. The Morgan fingerprint density at radius 3 is 2.86 bits per heavy atom. The first-order valence-electron chi connectivity index (χ1n) is 7.70. The highest BCUT2D eigenvalue weighted by atomic mass is 16.5. The Morgan fingerprint density at radius 2 is 2.14 bits per heavy atom. The van der Waals surface area contributed by atoms with Crippen LogP contribution in [0.25, 0.3) is 0 Å². The van der Waals surface area contributed by atoms with E-state index in [0.717, 1.165) is 37.2 Å². The minimum Gasteiger partial charge on any atom is -0.493 e. The van der Waals surface area contributed by atoms with Crippen LogP contribution in [0.4, 0.5) is 0 Å². The molecule has 1 heterocycles. The van der Waals surface area contributed by atoms with E-state index in [2.05, 4.69) is 11.8 Å². The summed E-state index contributed by atoms with van der Waals surface area (Å²) in [5.74, 6) is 0.513. The number of carbonyl (C=O) groups is 1. The first-order chi connectivity index (χ1) is 10.1. The van der Waals surface area contributed by atoms with Crippen molar-refractivity contribution in [3.05, 3.63) is 29.8 Å². The molecule has 0 aromatic heterocycles. The van der Waals surface area contributed by atoms with E-state index < -0.39 is 5.97 Å². The van der Waals surface area contributed by atoms with Gasteiger partial charge >= 0.3 is 5.97 Å². The van der Waals surface area contributed by atoms with Crippen molar-refractivity contribution in [3.8, 4) is 5.75 Å². The molecule has 116 valence electrons. The van der Waals surface area contributed by atoms with Gasteiger partial charge in [-0.1, -0.05) is 25.1 Å². The van der Waals surface area contributed by atoms with Gasteiger partial charge in [-0.25, -0.2) is 0 Å². The minimum atomic E-state index is -0.664. The van der Waals surface area contributed by atoms with Gasteiger partial charge in [0.2, 0.25) is 0 Å². The predicted molar refractivity (Wildman–Crippen MR) is 82.6 cm³/mol. The summed E-state index contributed by atoms with van der Waals surface area (Å²) in [6, 6.07) is 8.01. The number of hydrogen-bond donors (Lipinski definition) is 1. The summed E-state index contributed by atoms with van der Waals surface area (Å²) in [5, 5.41) is 9.17. The summed E-state index contributed by atoms with van der Waals surface area (Å²) in [6.45, 7) is 7.41. The van der Waals surface area contributed by atoms with Crippen LogP contribution in [-0.2, 0) is 4.79 Å². The van der Waals surface area contributed by atoms with Crippen molar-refractivity contribution in [2.45, 2.75) is 26.7 Å². The number of ether oxygens (including phenoxy) is 1. The summed E-state index contributed by atoms with van der Waals surface area (Å²) in [7, 11) is 0. The molecule has 21 heavy (non-hydrogen) atoms. The molecular formula is C17H25NO3. The molecule has 0 amide bonds. The van der Waals surface area contributed by atoms with Crippen molar-refractivity contribution in [3.63, 3.8) is 0 Å². The Morgan fingerprint density at radius 1 is 1.38 bits per heavy atom. The van der Waals surface area contributed by atoms with Crippen LogP contribution in [0.5, 0.6) is 5.75 Å². The van der Waals surface area contributed by atoms with E-state index in [-0.39, 0.29) is 5.92 Å². The molecule has 2 unspecified atom stereocenters. The lowest BCUT2D eigenvalue weighted by molar-refractivity contribution is -0.144. The Labute approximate surface area is 126 Å². The van der Waals surface area contributed by atoms with Crippen LogP contribution < -0.4 is 4.74 Å². The van der Waals surface area contributed by atoms with Crippen molar-refractivity contribution in [1.29, 1.82) is 0 Å². The second kappa shape index (κ2) is 7.46. The Bertz CT molecular complexity index is 475. The number of hydrogen-bond acceptors (Lipinski definition) is 3. The normalized spacial score (nSPS) is 23.0. The van der Waals surface area contributed by atoms with Gasteiger partial charge in [0.05, 0.1) is 12.5 Å². The molecule has 1 aromatic carbocycles. The number of piperidine rings is 1. The lowest BCUT2D eigenvalue weighted by Gasteiger charge is -2.34. The highest BCUT2D eigenvalue weighted by Gasteiger charge is 2.28. The third-order valence-electron chi connectivity index (χ3n) is 4.05. The summed E-state index contributed by atoms with van der Waals surface area (Å²) >= 11 is 0. The SMILES string of the molecule is Cc1ccccc1OCCCN1CC(C)CC(C(=O)O)C1. The van der Waals surface area contributed by atoms with Crippen molar-refractivity contribution in [1.82, 2.24) is 4.90 Å². The van der Waals surface area contributed by atoms with E-state index in [9.17, 15) is 9.90 Å². The Kier molecular flexibility index (Phi) is 5.62. The number of nitrogens with zero attached hydrogens (tertiary/aromatic N) is 1. The van der Waals surface area contributed by atoms with Crippen LogP contribution in [0.1, 0.15) is 25.3 Å². The van der Waals surface area contributed by atoms with Gasteiger partial charge in [-0.15, -0.1) is 0 Å². The molecule has 1 aliphatic heterocycles. The van der Waals surface area contributed by atoms with Gasteiger partial charge in [-0.05, 0) is 37.3 Å². The molecule has 1 saturated heterocycles. The first-order valence-corrected chi connectivity index (χ1v) is 7.70. The molecule has 0 aliphatic carbocycles. The lowest BCUT2D eigenvalue weighted by atomic mass is 9.90. The summed E-state index contributed by atoms with van der Waals surface area (Å²) in [5.41, 5.74) is 1.15. The highest BCUT2D eigenvalue weighted by molar-refractivity contribution is 5.70. The molecule has 0 radical (unpaired) electrons. The summed E-state index contributed by atoms with van der Waals surface area (Å²) < 4.78 is 5.79. The zero-order valence-electron chi connectivity index (χ0n) is 12.9. The monoisotopic (exact) mass is 291 g/mol. The molecule has 0 spiro atoms. The largest absolute Gasteiger partial charge is 0.493 e. The van der Waals surface area contributed by atoms with Gasteiger partial charge < -0.3 is 14.7 Å². The smallest absolute Gasteiger partial charge is 0.307 e. The zero-order chi connectivity index (χ0) is 15.2. The van der Waals surface area contributed by atoms with Crippen LogP contribution in [0.2, 0.25) is 0 Å². The van der Waals surface area contributed by atoms with Gasteiger partial charge in [0, 0.05) is 19.6 Å². The molecule has 0 saturated carbocycles. The molecule has 1 fully saturated rings. The predicted octanol–water partition coefficient (Wildman–Crippen LogP) is 2.81. The molecule has 2 rings (SSSR count). The van der Waals surface area contributed by atoms with Crippen molar-refractivity contribution in [2.24, 2.45) is 11.8 Å². The van der Waals surface area contributed by atoms with Crippen molar-refractivity contribution in [2.75, 3.05) is 26.2 Å². The maximum Gasteiger partial charge on any atom is 0.307 e. The molecular weight excluding hydrogens is 266 g/mol. The number of carboxylic acid groups (broad SMARTS) is 1. The molecule has 4 heteroatoms. The summed E-state index contributed by atoms with van der Waals surface area (Å²) in [6.07, 6.45) is 1.72. The van der Waals surface area contributed by atoms with Gasteiger partial charge in [0.1, 0.15) is 5.75 Å². The van der Waals surface area contributed by atoms with E-state index in [0.29, 0.717) is 19.1 Å². The average molecular weight is 291 g/mol. The Hall–Kier alpha value is -1.55. The van der Waals surface area contributed by atoms with Crippen LogP contribution in [0.15, 0.2) is 24.3 Å². The standard InChI is InChI=1S/C17H25NO3/c1-13-10-15(17(19)20)12-18(11-13)8-5-9-21-16-7-4-3-6-14(16)2/h3-4,6-7,13,15H,5,8-12H2,1-2H3,(H,19,20). The fourth-order valence-electron chi connectivity index (χ4n) is 3.01. The van der Waals surface area contributed by atoms with Crippen LogP contribution >= 0.6 is 0 Å². The van der Waals surface area contributed by atoms with Gasteiger partial charge in [0.15, 0.2) is 0 Å².